The highest BCUT2D eigenvalue weighted by molar-refractivity contribution is 6.33. The van der Waals surface area contributed by atoms with Crippen LogP contribution in [0, 0.1) is 0 Å². The summed E-state index contributed by atoms with van der Waals surface area (Å²) in [6, 6.07) is 12.2. The van der Waals surface area contributed by atoms with E-state index in [1.165, 1.54) is 5.56 Å². The summed E-state index contributed by atoms with van der Waals surface area (Å²) in [5.74, 6) is -0.633. The first-order valence-electron chi connectivity index (χ1n) is 6.34. The number of aryl methyl sites for hydroxylation is 1. The van der Waals surface area contributed by atoms with Crippen molar-refractivity contribution >= 4 is 17.4 Å². The molecule has 0 spiro atoms. The number of Topliss-reactive ketones (excluding diaryl/α,β-unsaturated/α-hetero) is 1. The number of carbonyl (C=O) groups excluding carboxylic acids is 1. The second-order valence-electron chi connectivity index (χ2n) is 4.49. The van der Waals surface area contributed by atoms with Crippen molar-refractivity contribution in [2.45, 2.75) is 19.8 Å². The van der Waals surface area contributed by atoms with Crippen LogP contribution in [-0.2, 0) is 11.2 Å². The molecule has 112 valence electrons. The fourth-order valence-corrected chi connectivity index (χ4v) is 1.65. The number of rotatable bonds is 3. The third-order valence-electron chi connectivity index (χ3n) is 2.63. The molecule has 0 unspecified atom stereocenters. The maximum absolute atomic E-state index is 10.6. The topological polar surface area (TPSA) is 77.8 Å². The number of carbonyl (C=O) groups is 1. The van der Waals surface area contributed by atoms with Gasteiger partial charge < -0.3 is 20.1 Å². The summed E-state index contributed by atoms with van der Waals surface area (Å²) in [7, 11) is 0. The molecule has 2 aromatic carbocycles. The summed E-state index contributed by atoms with van der Waals surface area (Å²) in [6.45, 7) is 1.63. The Kier molecular flexibility index (Phi) is 6.56. The zero-order valence-corrected chi connectivity index (χ0v) is 12.3. The van der Waals surface area contributed by atoms with Gasteiger partial charge in [0.05, 0.1) is 0 Å². The molecule has 0 aliphatic heterocycles. The van der Waals surface area contributed by atoms with E-state index in [1.54, 1.807) is 6.92 Å². The molecule has 0 amide bonds. The monoisotopic (exact) mass is 308 g/mol. The predicted molar refractivity (Wildman–Crippen MR) is 81.9 cm³/mol. The minimum atomic E-state index is -0.334. The first kappa shape index (κ1) is 16.9. The number of ketones is 1. The molecule has 0 fully saturated rings. The molecular formula is C16H17ClO4. The van der Waals surface area contributed by atoms with Crippen molar-refractivity contribution in [3.8, 4) is 17.2 Å². The van der Waals surface area contributed by atoms with Crippen molar-refractivity contribution < 1.29 is 20.1 Å². The molecule has 5 heteroatoms. The van der Waals surface area contributed by atoms with Gasteiger partial charge in [-0.25, -0.2) is 0 Å². The molecule has 3 N–H and O–H groups in total. The highest BCUT2D eigenvalue weighted by Crippen LogP contribution is 2.35. The van der Waals surface area contributed by atoms with E-state index in [2.05, 4.69) is 0 Å². The van der Waals surface area contributed by atoms with Crippen LogP contribution >= 0.6 is 11.6 Å². The Bertz CT molecular complexity index is 573. The maximum Gasteiger partial charge on any atom is 0.141 e. The number of hydrogen-bond acceptors (Lipinski definition) is 4. The van der Waals surface area contributed by atoms with Crippen LogP contribution in [0.15, 0.2) is 42.5 Å². The lowest BCUT2D eigenvalue weighted by Crippen LogP contribution is -1.92. The van der Waals surface area contributed by atoms with Crippen molar-refractivity contribution in [3.63, 3.8) is 0 Å². The van der Waals surface area contributed by atoms with Gasteiger partial charge >= 0.3 is 0 Å². The fourth-order valence-electron chi connectivity index (χ4n) is 1.54. The van der Waals surface area contributed by atoms with Crippen LogP contribution in [0.1, 0.15) is 18.9 Å². The molecule has 0 bridgehead atoms. The summed E-state index contributed by atoms with van der Waals surface area (Å²) in [6.07, 6.45) is 1.53. The molecule has 0 saturated carbocycles. The molecule has 0 aliphatic carbocycles. The van der Waals surface area contributed by atoms with Crippen LogP contribution in [0.4, 0.5) is 0 Å². The Morgan fingerprint density at radius 2 is 1.57 bits per heavy atom. The minimum absolute atomic E-state index is 0.155. The van der Waals surface area contributed by atoms with Gasteiger partial charge in [0.1, 0.15) is 28.1 Å². The Balaban J connectivity index is 0.000000211. The van der Waals surface area contributed by atoms with Crippen LogP contribution < -0.4 is 0 Å². The molecule has 0 aromatic heterocycles. The average molecular weight is 309 g/mol. The number of phenols is 3. The third-order valence-corrected chi connectivity index (χ3v) is 3.01. The molecule has 4 nitrogen and oxygen atoms in total. The standard InChI is InChI=1S/C10H12O.C6H5ClO3/c1-9(11)7-8-10-5-3-2-4-6-10;7-6-4(9)1-3(8)2-5(6)10/h2-6H,7-8H2,1H3;1-2,8-10H. The van der Waals surface area contributed by atoms with Gasteiger partial charge in [-0.05, 0) is 18.9 Å². The van der Waals surface area contributed by atoms with Crippen LogP contribution in [0.2, 0.25) is 5.02 Å². The molecule has 0 saturated heterocycles. The largest absolute Gasteiger partial charge is 0.508 e. The lowest BCUT2D eigenvalue weighted by atomic mass is 10.1. The lowest BCUT2D eigenvalue weighted by Gasteiger charge is -1.99. The Morgan fingerprint density at radius 1 is 1.05 bits per heavy atom. The molecule has 0 radical (unpaired) electrons. The van der Waals surface area contributed by atoms with E-state index in [9.17, 15) is 4.79 Å². The Morgan fingerprint density at radius 3 is 2.05 bits per heavy atom. The summed E-state index contributed by atoms with van der Waals surface area (Å²) in [4.78, 5) is 10.6. The van der Waals surface area contributed by atoms with Crippen LogP contribution in [0.5, 0.6) is 17.2 Å². The lowest BCUT2D eigenvalue weighted by molar-refractivity contribution is -0.116. The molecule has 0 aliphatic rings. The second-order valence-corrected chi connectivity index (χ2v) is 4.86. The molecule has 0 atom stereocenters. The van der Waals surface area contributed by atoms with Gasteiger partial charge in [0, 0.05) is 18.6 Å². The van der Waals surface area contributed by atoms with E-state index in [0.717, 1.165) is 18.6 Å². The van der Waals surface area contributed by atoms with Gasteiger partial charge in [0.2, 0.25) is 0 Å². The third kappa shape index (κ3) is 6.19. The van der Waals surface area contributed by atoms with E-state index in [0.29, 0.717) is 6.42 Å². The summed E-state index contributed by atoms with van der Waals surface area (Å²) in [5.41, 5.74) is 1.24. The van der Waals surface area contributed by atoms with Crippen molar-refractivity contribution in [2.75, 3.05) is 0 Å². The average Bonchev–Trinajstić information content (AvgIpc) is 2.44. The first-order valence-corrected chi connectivity index (χ1v) is 6.71. The van der Waals surface area contributed by atoms with Crippen molar-refractivity contribution in [2.24, 2.45) is 0 Å². The van der Waals surface area contributed by atoms with E-state index in [1.807, 2.05) is 30.3 Å². The van der Waals surface area contributed by atoms with E-state index >= 15 is 0 Å². The van der Waals surface area contributed by atoms with Crippen LogP contribution in [0.25, 0.3) is 0 Å². The number of aromatic hydroxyl groups is 3. The van der Waals surface area contributed by atoms with Gasteiger partial charge in [-0.3, -0.25) is 0 Å². The van der Waals surface area contributed by atoms with Gasteiger partial charge in [-0.1, -0.05) is 41.9 Å². The smallest absolute Gasteiger partial charge is 0.141 e. The van der Waals surface area contributed by atoms with Crippen molar-refractivity contribution in [3.05, 3.63) is 53.1 Å². The molecule has 2 rings (SSSR count). The summed E-state index contributed by atoms with van der Waals surface area (Å²) in [5, 5.41) is 26.2. The molecular weight excluding hydrogens is 292 g/mol. The zero-order valence-electron chi connectivity index (χ0n) is 11.6. The molecule has 0 heterocycles. The van der Waals surface area contributed by atoms with Crippen LogP contribution in [0.3, 0.4) is 0 Å². The number of phenolic OH excluding ortho intramolecular Hbond substituents is 3. The zero-order chi connectivity index (χ0) is 15.8. The molecule has 21 heavy (non-hydrogen) atoms. The highest BCUT2D eigenvalue weighted by Gasteiger charge is 2.05. The fraction of sp³-hybridized carbons (Fsp3) is 0.188. The van der Waals surface area contributed by atoms with E-state index in [4.69, 9.17) is 26.9 Å². The Hall–Kier alpha value is -2.20. The van der Waals surface area contributed by atoms with Crippen LogP contribution in [-0.4, -0.2) is 21.1 Å². The van der Waals surface area contributed by atoms with Crippen molar-refractivity contribution in [1.82, 2.24) is 0 Å². The minimum Gasteiger partial charge on any atom is -0.508 e. The number of benzene rings is 2. The quantitative estimate of drug-likeness (QED) is 0.808. The maximum atomic E-state index is 10.6. The normalized spacial score (nSPS) is 9.62. The van der Waals surface area contributed by atoms with Gasteiger partial charge in [-0.2, -0.15) is 0 Å². The highest BCUT2D eigenvalue weighted by atomic mass is 35.5. The second kappa shape index (κ2) is 8.17. The molecule has 2 aromatic rings. The Labute approximate surface area is 128 Å². The van der Waals surface area contributed by atoms with Crippen molar-refractivity contribution in [1.29, 1.82) is 0 Å². The summed E-state index contributed by atoms with van der Waals surface area (Å²) < 4.78 is 0. The number of hydrogen-bond donors (Lipinski definition) is 3. The number of halogens is 1. The predicted octanol–water partition coefficient (Wildman–Crippen LogP) is 3.67. The van der Waals surface area contributed by atoms with E-state index in [-0.39, 0.29) is 28.1 Å². The van der Waals surface area contributed by atoms with E-state index < -0.39 is 0 Å². The SMILES string of the molecule is CC(=O)CCc1ccccc1.Oc1cc(O)c(Cl)c(O)c1. The summed E-state index contributed by atoms with van der Waals surface area (Å²) >= 11 is 5.34. The van der Waals surface area contributed by atoms with Gasteiger partial charge in [0.15, 0.2) is 0 Å². The first-order chi connectivity index (χ1) is 9.90. The van der Waals surface area contributed by atoms with Gasteiger partial charge in [-0.15, -0.1) is 0 Å². The van der Waals surface area contributed by atoms with Gasteiger partial charge in [0.25, 0.3) is 0 Å².